The summed E-state index contributed by atoms with van der Waals surface area (Å²) in [5, 5.41) is 10.2. The molecule has 0 aromatic carbocycles. The Labute approximate surface area is 157 Å². The highest BCUT2D eigenvalue weighted by Gasteiger charge is 2.58. The van der Waals surface area contributed by atoms with Crippen molar-refractivity contribution in [2.45, 2.75) is 65.4 Å². The van der Waals surface area contributed by atoms with Crippen molar-refractivity contribution in [3.05, 3.63) is 41.7 Å². The zero-order valence-electron chi connectivity index (χ0n) is 16.5. The van der Waals surface area contributed by atoms with Crippen molar-refractivity contribution >= 4 is 5.57 Å². The van der Waals surface area contributed by atoms with Crippen molar-refractivity contribution in [3.8, 4) is 0 Å². The maximum absolute atomic E-state index is 10.2. The quantitative estimate of drug-likeness (QED) is 0.637. The van der Waals surface area contributed by atoms with Gasteiger partial charge in [-0.3, -0.25) is 0 Å². The van der Waals surface area contributed by atoms with E-state index in [0.29, 0.717) is 16.7 Å². The fourth-order valence-electron chi connectivity index (χ4n) is 7.49. The van der Waals surface area contributed by atoms with Crippen LogP contribution in [0.1, 0.15) is 65.0 Å². The number of aromatic amines is 1. The first-order chi connectivity index (χ1) is 12.4. The van der Waals surface area contributed by atoms with Crippen molar-refractivity contribution in [2.75, 3.05) is 0 Å². The molecule has 4 aliphatic carbocycles. The lowest BCUT2D eigenvalue weighted by molar-refractivity contribution is -0.0426. The van der Waals surface area contributed by atoms with Crippen molar-refractivity contribution in [1.82, 2.24) is 4.98 Å². The van der Waals surface area contributed by atoms with Crippen molar-refractivity contribution in [1.29, 1.82) is 0 Å². The van der Waals surface area contributed by atoms with E-state index in [9.17, 15) is 5.11 Å². The predicted molar refractivity (Wildman–Crippen MR) is 106 cm³/mol. The Balaban J connectivity index is 1.52. The number of nitrogens with one attached hydrogen (secondary N) is 1. The normalized spacial score (nSPS) is 47.5. The van der Waals surface area contributed by atoms with E-state index in [0.717, 1.165) is 30.6 Å². The molecule has 2 nitrogen and oxygen atoms in total. The molecule has 26 heavy (non-hydrogen) atoms. The van der Waals surface area contributed by atoms with Gasteiger partial charge in [-0.25, -0.2) is 0 Å². The minimum atomic E-state index is -0.112. The fraction of sp³-hybridized carbons (Fsp3) is 0.667. The number of rotatable bonds is 1. The lowest BCUT2D eigenvalue weighted by atomic mass is 9.45. The Bertz CT molecular complexity index is 759. The van der Waals surface area contributed by atoms with Crippen molar-refractivity contribution < 1.29 is 5.11 Å². The van der Waals surface area contributed by atoms with Gasteiger partial charge in [-0.2, -0.15) is 0 Å². The van der Waals surface area contributed by atoms with E-state index in [2.05, 4.69) is 56.2 Å². The van der Waals surface area contributed by atoms with Gasteiger partial charge in [0, 0.05) is 11.9 Å². The molecule has 1 heterocycles. The molecule has 0 spiro atoms. The standard InChI is InChI=1S/C24H33NO/c1-15-13-16-14-17(26)8-10-23(16,2)20-9-11-24(3)18(21-5-4-12-25-21)6-7-19(24)22(15)20/h4-6,12-13,15,17,19-20,22,25-26H,7-11,14H2,1-3H3/t15-,17+,19+,20+,22+,23+,24-/m1/s1. The molecule has 2 heteroatoms. The van der Waals surface area contributed by atoms with Crippen LogP contribution in [-0.4, -0.2) is 16.2 Å². The molecule has 4 aliphatic rings. The Morgan fingerprint density at radius 1 is 1.12 bits per heavy atom. The summed E-state index contributed by atoms with van der Waals surface area (Å²) in [4.78, 5) is 3.47. The second-order valence-electron chi connectivity index (χ2n) is 10.0. The Kier molecular flexibility index (Phi) is 3.64. The number of aromatic nitrogens is 1. The first-order valence-corrected chi connectivity index (χ1v) is 10.7. The molecule has 5 rings (SSSR count). The summed E-state index contributed by atoms with van der Waals surface area (Å²) in [6.45, 7) is 7.50. The molecule has 2 N–H and O–H groups in total. The molecule has 2 saturated carbocycles. The van der Waals surface area contributed by atoms with E-state index >= 15 is 0 Å². The second kappa shape index (κ2) is 5.61. The molecule has 140 valence electrons. The maximum Gasteiger partial charge on any atom is 0.0577 e. The SMILES string of the molecule is C[C@@H]1C=C2C[C@@H](O)CC[C@]2(C)[C@H]2CC[C@]3(C)C(c4ccc[nH]4)=CC[C@H]3[C@H]12. The van der Waals surface area contributed by atoms with Gasteiger partial charge >= 0.3 is 0 Å². The molecule has 1 aromatic heterocycles. The molecule has 2 fully saturated rings. The highest BCUT2D eigenvalue weighted by Crippen LogP contribution is 2.67. The summed E-state index contributed by atoms with van der Waals surface area (Å²) in [5.74, 6) is 2.96. The first kappa shape index (κ1) is 16.9. The fourth-order valence-corrected chi connectivity index (χ4v) is 7.49. The highest BCUT2D eigenvalue weighted by molar-refractivity contribution is 5.70. The lowest BCUT2D eigenvalue weighted by Gasteiger charge is -2.59. The van der Waals surface area contributed by atoms with Crippen molar-refractivity contribution in [3.63, 3.8) is 0 Å². The van der Waals surface area contributed by atoms with Gasteiger partial charge in [-0.1, -0.05) is 38.5 Å². The topological polar surface area (TPSA) is 36.0 Å². The molecule has 0 radical (unpaired) electrons. The van der Waals surface area contributed by atoms with Crippen LogP contribution in [0.25, 0.3) is 5.57 Å². The number of hydrogen-bond acceptors (Lipinski definition) is 1. The van der Waals surface area contributed by atoms with Crippen molar-refractivity contribution in [2.24, 2.45) is 34.5 Å². The van der Waals surface area contributed by atoms with Crippen LogP contribution in [0.3, 0.4) is 0 Å². The molecular formula is C24H33NO. The summed E-state index contributed by atoms with van der Waals surface area (Å²) in [5.41, 5.74) is 5.12. The number of allylic oxidation sites excluding steroid dienone is 3. The Morgan fingerprint density at radius 2 is 1.92 bits per heavy atom. The third-order valence-corrected chi connectivity index (χ3v) is 8.88. The molecule has 1 aromatic rings. The zero-order valence-corrected chi connectivity index (χ0v) is 16.5. The average Bonchev–Trinajstić information content (AvgIpc) is 3.23. The van der Waals surface area contributed by atoms with Gasteiger partial charge in [-0.15, -0.1) is 0 Å². The van der Waals surface area contributed by atoms with Gasteiger partial charge in [0.25, 0.3) is 0 Å². The second-order valence-corrected chi connectivity index (χ2v) is 10.0. The molecule has 0 unspecified atom stereocenters. The summed E-state index contributed by atoms with van der Waals surface area (Å²) in [6.07, 6.45) is 14.0. The predicted octanol–water partition coefficient (Wildman–Crippen LogP) is 5.58. The van der Waals surface area contributed by atoms with E-state index in [1.165, 1.54) is 31.4 Å². The van der Waals surface area contributed by atoms with Gasteiger partial charge in [0.1, 0.15) is 0 Å². The molecular weight excluding hydrogens is 318 g/mol. The zero-order chi connectivity index (χ0) is 18.1. The maximum atomic E-state index is 10.2. The van der Waals surface area contributed by atoms with Crippen LogP contribution < -0.4 is 0 Å². The summed E-state index contributed by atoms with van der Waals surface area (Å²) in [6, 6.07) is 4.38. The third-order valence-electron chi connectivity index (χ3n) is 8.88. The van der Waals surface area contributed by atoms with Crippen LogP contribution in [0.5, 0.6) is 0 Å². The van der Waals surface area contributed by atoms with E-state index in [1.54, 1.807) is 11.1 Å². The Morgan fingerprint density at radius 3 is 2.69 bits per heavy atom. The molecule has 7 atom stereocenters. The van der Waals surface area contributed by atoms with E-state index in [1.807, 2.05) is 0 Å². The van der Waals surface area contributed by atoms with Gasteiger partial charge in [-0.05, 0) is 90.7 Å². The van der Waals surface area contributed by atoms with Crippen LogP contribution in [-0.2, 0) is 0 Å². The minimum absolute atomic E-state index is 0.112. The van der Waals surface area contributed by atoms with Gasteiger partial charge in [0.15, 0.2) is 0 Å². The van der Waals surface area contributed by atoms with E-state index < -0.39 is 0 Å². The van der Waals surface area contributed by atoms with Gasteiger partial charge < -0.3 is 10.1 Å². The minimum Gasteiger partial charge on any atom is -0.393 e. The monoisotopic (exact) mass is 351 g/mol. The number of H-pyrrole nitrogens is 1. The van der Waals surface area contributed by atoms with Crippen LogP contribution in [0.2, 0.25) is 0 Å². The van der Waals surface area contributed by atoms with E-state index in [-0.39, 0.29) is 6.10 Å². The van der Waals surface area contributed by atoms with Crippen LogP contribution in [0.4, 0.5) is 0 Å². The number of aliphatic hydroxyl groups is 1. The lowest BCUT2D eigenvalue weighted by Crippen LogP contribution is -2.52. The van der Waals surface area contributed by atoms with Crippen LogP contribution in [0.15, 0.2) is 36.1 Å². The molecule has 0 bridgehead atoms. The highest BCUT2D eigenvalue weighted by atomic mass is 16.3. The third kappa shape index (κ3) is 2.14. The largest absolute Gasteiger partial charge is 0.393 e. The smallest absolute Gasteiger partial charge is 0.0577 e. The Hall–Kier alpha value is -1.28. The van der Waals surface area contributed by atoms with Gasteiger partial charge in [0.05, 0.1) is 6.10 Å². The van der Waals surface area contributed by atoms with Crippen LogP contribution >= 0.6 is 0 Å². The summed E-state index contributed by atoms with van der Waals surface area (Å²) < 4.78 is 0. The van der Waals surface area contributed by atoms with E-state index in [4.69, 9.17) is 0 Å². The summed E-state index contributed by atoms with van der Waals surface area (Å²) in [7, 11) is 0. The van der Waals surface area contributed by atoms with Crippen LogP contribution in [0, 0.1) is 34.5 Å². The van der Waals surface area contributed by atoms with Gasteiger partial charge in [0.2, 0.25) is 0 Å². The molecule has 0 saturated heterocycles. The first-order valence-electron chi connectivity index (χ1n) is 10.7. The molecule has 0 amide bonds. The average molecular weight is 352 g/mol. The number of hydrogen-bond donors (Lipinski definition) is 2. The summed E-state index contributed by atoms with van der Waals surface area (Å²) >= 11 is 0. The number of fused-ring (bicyclic) bond motifs is 5. The molecule has 0 aliphatic heterocycles. The number of aliphatic hydroxyl groups excluding tert-OH is 1.